The van der Waals surface area contributed by atoms with Crippen LogP contribution in [0.2, 0.25) is 0 Å². The Morgan fingerprint density at radius 2 is 2.43 bits per heavy atom. The number of anilines is 1. The van der Waals surface area contributed by atoms with Gasteiger partial charge in [0.05, 0.1) is 0 Å². The fraction of sp³-hybridized carbons (Fsp3) is 0.500. The number of nitrogens with zero attached hydrogens (tertiary/aromatic N) is 2. The third kappa shape index (κ3) is 2.07. The summed E-state index contributed by atoms with van der Waals surface area (Å²) in [6, 6.07) is 4.71. The quantitative estimate of drug-likeness (QED) is 0.871. The SMILES string of the molecule is CN[C@@H]1CCN(c2ccc(Br)cn2)C1. The molecule has 0 unspecified atom stereocenters. The zero-order chi connectivity index (χ0) is 9.97. The van der Waals surface area contributed by atoms with E-state index in [1.54, 1.807) is 0 Å². The number of rotatable bonds is 2. The standard InChI is InChI=1S/C10H14BrN3/c1-12-9-4-5-14(7-9)10-3-2-8(11)6-13-10/h2-3,6,9,12H,4-5,7H2,1H3/t9-/m1/s1. The minimum absolute atomic E-state index is 0.612. The van der Waals surface area contributed by atoms with Gasteiger partial charge in [-0.05, 0) is 41.5 Å². The Kier molecular flexibility index (Phi) is 3.03. The summed E-state index contributed by atoms with van der Waals surface area (Å²) in [7, 11) is 2.02. The topological polar surface area (TPSA) is 28.2 Å². The summed E-state index contributed by atoms with van der Waals surface area (Å²) in [5, 5.41) is 3.30. The van der Waals surface area contributed by atoms with Crippen LogP contribution in [0.25, 0.3) is 0 Å². The van der Waals surface area contributed by atoms with Gasteiger partial charge in [0, 0.05) is 29.8 Å². The highest BCUT2D eigenvalue weighted by atomic mass is 79.9. The molecule has 0 amide bonds. The summed E-state index contributed by atoms with van der Waals surface area (Å²) in [6.07, 6.45) is 3.05. The zero-order valence-corrected chi connectivity index (χ0v) is 9.79. The second kappa shape index (κ2) is 4.28. The number of hydrogen-bond acceptors (Lipinski definition) is 3. The Hall–Kier alpha value is -0.610. The van der Waals surface area contributed by atoms with Crippen molar-refractivity contribution in [2.45, 2.75) is 12.5 Å². The lowest BCUT2D eigenvalue weighted by molar-refractivity contribution is 0.616. The molecule has 4 heteroatoms. The minimum atomic E-state index is 0.612. The molecular weight excluding hydrogens is 242 g/mol. The second-order valence-corrected chi connectivity index (χ2v) is 4.47. The highest BCUT2D eigenvalue weighted by molar-refractivity contribution is 9.10. The fourth-order valence-corrected chi connectivity index (χ4v) is 1.99. The van der Waals surface area contributed by atoms with Crippen molar-refractivity contribution in [3.8, 4) is 0 Å². The van der Waals surface area contributed by atoms with Crippen molar-refractivity contribution in [2.24, 2.45) is 0 Å². The van der Waals surface area contributed by atoms with E-state index in [0.717, 1.165) is 23.4 Å². The molecule has 76 valence electrons. The minimum Gasteiger partial charge on any atom is -0.355 e. The van der Waals surface area contributed by atoms with E-state index in [1.165, 1.54) is 6.42 Å². The van der Waals surface area contributed by atoms with Crippen molar-refractivity contribution >= 4 is 21.7 Å². The van der Waals surface area contributed by atoms with Gasteiger partial charge >= 0.3 is 0 Å². The number of pyridine rings is 1. The van der Waals surface area contributed by atoms with Crippen molar-refractivity contribution in [3.05, 3.63) is 22.8 Å². The predicted molar refractivity (Wildman–Crippen MR) is 61.6 cm³/mol. The highest BCUT2D eigenvalue weighted by Gasteiger charge is 2.21. The molecule has 0 bridgehead atoms. The molecule has 1 aliphatic rings. The third-order valence-electron chi connectivity index (χ3n) is 2.63. The molecule has 1 aromatic heterocycles. The molecule has 1 atom stereocenters. The van der Waals surface area contributed by atoms with E-state index in [9.17, 15) is 0 Å². The smallest absolute Gasteiger partial charge is 0.128 e. The first kappa shape index (κ1) is 9.93. The fourth-order valence-electron chi connectivity index (χ4n) is 1.76. The number of hydrogen-bond donors (Lipinski definition) is 1. The molecule has 0 aliphatic carbocycles. The van der Waals surface area contributed by atoms with E-state index in [0.29, 0.717) is 6.04 Å². The van der Waals surface area contributed by atoms with Gasteiger partial charge in [0.15, 0.2) is 0 Å². The first-order valence-electron chi connectivity index (χ1n) is 4.83. The van der Waals surface area contributed by atoms with Gasteiger partial charge in [0.1, 0.15) is 5.82 Å². The van der Waals surface area contributed by atoms with Gasteiger partial charge in [0.25, 0.3) is 0 Å². The van der Waals surface area contributed by atoms with E-state index in [-0.39, 0.29) is 0 Å². The van der Waals surface area contributed by atoms with Gasteiger partial charge in [-0.3, -0.25) is 0 Å². The van der Waals surface area contributed by atoms with Crippen molar-refractivity contribution < 1.29 is 0 Å². The van der Waals surface area contributed by atoms with Crippen LogP contribution in [0.15, 0.2) is 22.8 Å². The van der Waals surface area contributed by atoms with Gasteiger partial charge < -0.3 is 10.2 Å². The van der Waals surface area contributed by atoms with Crippen molar-refractivity contribution in [3.63, 3.8) is 0 Å². The van der Waals surface area contributed by atoms with Crippen LogP contribution in [-0.2, 0) is 0 Å². The van der Waals surface area contributed by atoms with Crippen LogP contribution >= 0.6 is 15.9 Å². The molecule has 3 nitrogen and oxygen atoms in total. The maximum absolute atomic E-state index is 4.38. The monoisotopic (exact) mass is 255 g/mol. The molecule has 2 rings (SSSR count). The Balaban J connectivity index is 2.06. The molecule has 1 aliphatic heterocycles. The summed E-state index contributed by atoms with van der Waals surface area (Å²) in [4.78, 5) is 6.69. The molecule has 0 spiro atoms. The molecule has 0 aromatic carbocycles. The predicted octanol–water partition coefficient (Wildman–Crippen LogP) is 1.64. The lowest BCUT2D eigenvalue weighted by Gasteiger charge is -2.17. The van der Waals surface area contributed by atoms with Crippen molar-refractivity contribution in [2.75, 3.05) is 25.0 Å². The van der Waals surface area contributed by atoms with Crippen molar-refractivity contribution in [1.82, 2.24) is 10.3 Å². The Bertz CT molecular complexity index is 299. The van der Waals surface area contributed by atoms with E-state index in [2.05, 4.69) is 37.2 Å². The average Bonchev–Trinajstić information content (AvgIpc) is 2.67. The molecule has 0 radical (unpaired) electrons. The molecule has 14 heavy (non-hydrogen) atoms. The summed E-state index contributed by atoms with van der Waals surface area (Å²) in [6.45, 7) is 2.16. The summed E-state index contributed by atoms with van der Waals surface area (Å²) < 4.78 is 1.03. The first-order valence-corrected chi connectivity index (χ1v) is 5.62. The number of aromatic nitrogens is 1. The van der Waals surface area contributed by atoms with Crippen LogP contribution in [0.1, 0.15) is 6.42 Å². The van der Waals surface area contributed by atoms with Crippen LogP contribution in [0.3, 0.4) is 0 Å². The first-order chi connectivity index (χ1) is 6.79. The maximum atomic E-state index is 4.38. The zero-order valence-electron chi connectivity index (χ0n) is 8.20. The van der Waals surface area contributed by atoms with Crippen LogP contribution in [-0.4, -0.2) is 31.2 Å². The number of likely N-dealkylation sites (N-methyl/N-ethyl adjacent to an activating group) is 1. The van der Waals surface area contributed by atoms with Crippen LogP contribution in [0.5, 0.6) is 0 Å². The van der Waals surface area contributed by atoms with E-state index >= 15 is 0 Å². The molecule has 1 N–H and O–H groups in total. The summed E-state index contributed by atoms with van der Waals surface area (Å²) >= 11 is 3.39. The molecule has 2 heterocycles. The van der Waals surface area contributed by atoms with Gasteiger partial charge in [-0.25, -0.2) is 4.98 Å². The Labute approximate surface area is 92.6 Å². The van der Waals surface area contributed by atoms with E-state index in [1.807, 2.05) is 19.3 Å². The Morgan fingerprint density at radius 3 is 3.00 bits per heavy atom. The van der Waals surface area contributed by atoms with Crippen LogP contribution in [0, 0.1) is 0 Å². The van der Waals surface area contributed by atoms with Crippen LogP contribution in [0.4, 0.5) is 5.82 Å². The van der Waals surface area contributed by atoms with Gasteiger partial charge in [-0.15, -0.1) is 0 Å². The third-order valence-corrected chi connectivity index (χ3v) is 3.10. The van der Waals surface area contributed by atoms with Gasteiger partial charge in [-0.2, -0.15) is 0 Å². The van der Waals surface area contributed by atoms with Gasteiger partial charge in [0.2, 0.25) is 0 Å². The summed E-state index contributed by atoms with van der Waals surface area (Å²) in [5.74, 6) is 1.07. The second-order valence-electron chi connectivity index (χ2n) is 3.55. The molecule has 0 saturated carbocycles. The highest BCUT2D eigenvalue weighted by Crippen LogP contribution is 2.19. The molecule has 1 aromatic rings. The van der Waals surface area contributed by atoms with Crippen LogP contribution < -0.4 is 10.2 Å². The maximum Gasteiger partial charge on any atom is 0.128 e. The number of halogens is 1. The average molecular weight is 256 g/mol. The number of nitrogens with one attached hydrogen (secondary N) is 1. The van der Waals surface area contributed by atoms with E-state index < -0.39 is 0 Å². The normalized spacial score (nSPS) is 21.6. The van der Waals surface area contributed by atoms with Gasteiger partial charge in [-0.1, -0.05) is 0 Å². The molecular formula is C10H14BrN3. The Morgan fingerprint density at radius 1 is 1.57 bits per heavy atom. The molecule has 1 fully saturated rings. The lowest BCUT2D eigenvalue weighted by Crippen LogP contribution is -2.29. The van der Waals surface area contributed by atoms with E-state index in [4.69, 9.17) is 0 Å². The lowest BCUT2D eigenvalue weighted by atomic mass is 10.3. The largest absolute Gasteiger partial charge is 0.355 e. The van der Waals surface area contributed by atoms with Crippen molar-refractivity contribution in [1.29, 1.82) is 0 Å². The summed E-state index contributed by atoms with van der Waals surface area (Å²) in [5.41, 5.74) is 0. The molecule has 1 saturated heterocycles.